The molecule has 0 aliphatic carbocycles. The highest BCUT2D eigenvalue weighted by atomic mass is 16.1. The molecule has 0 aliphatic rings. The number of aromatic nitrogens is 1. The van der Waals surface area contributed by atoms with Gasteiger partial charge in [-0.3, -0.25) is 9.78 Å². The van der Waals surface area contributed by atoms with Crippen molar-refractivity contribution in [3.8, 4) is 0 Å². The molecule has 0 fully saturated rings. The third kappa shape index (κ3) is 4.60. The van der Waals surface area contributed by atoms with Gasteiger partial charge in [-0.15, -0.1) is 0 Å². The van der Waals surface area contributed by atoms with E-state index < -0.39 is 0 Å². The van der Waals surface area contributed by atoms with Crippen LogP contribution in [0.1, 0.15) is 29.9 Å². The maximum absolute atomic E-state index is 12.0. The number of hydrogen-bond acceptors (Lipinski definition) is 3. The first kappa shape index (κ1) is 15.0. The van der Waals surface area contributed by atoms with Gasteiger partial charge < -0.3 is 10.6 Å². The Bertz CT molecular complexity index is 606. The summed E-state index contributed by atoms with van der Waals surface area (Å²) in [5.74, 6) is 0.277. The topological polar surface area (TPSA) is 54.0 Å². The van der Waals surface area contributed by atoms with Crippen LogP contribution in [0.3, 0.4) is 0 Å². The third-order valence-electron chi connectivity index (χ3n) is 3.00. The predicted octanol–water partition coefficient (Wildman–Crippen LogP) is 3.52. The summed E-state index contributed by atoms with van der Waals surface area (Å²) in [5, 5.41) is 6.14. The van der Waals surface area contributed by atoms with Crippen LogP contribution in [-0.4, -0.2) is 17.4 Å². The zero-order chi connectivity index (χ0) is 15.2. The first-order valence-corrected chi connectivity index (χ1v) is 7.12. The van der Waals surface area contributed by atoms with Gasteiger partial charge in [-0.25, -0.2) is 0 Å². The zero-order valence-corrected chi connectivity index (χ0v) is 12.7. The fourth-order valence-corrected chi connectivity index (χ4v) is 1.82. The van der Waals surface area contributed by atoms with Gasteiger partial charge in [0.15, 0.2) is 0 Å². The largest absolute Gasteiger partial charge is 0.355 e. The standard InChI is InChI=1S/C17H21N3O/c1-12(2)11-19-17(21)16-10-15(8-9-18-16)20-14-6-4-13(3)5-7-14/h4-10,12H,11H2,1-3H3,(H,18,20)(H,19,21). The van der Waals surface area contributed by atoms with Crippen molar-refractivity contribution in [1.29, 1.82) is 0 Å². The molecule has 1 aromatic heterocycles. The summed E-state index contributed by atoms with van der Waals surface area (Å²) in [5.41, 5.74) is 3.47. The number of anilines is 2. The first-order chi connectivity index (χ1) is 10.0. The van der Waals surface area contributed by atoms with Crippen LogP contribution in [-0.2, 0) is 0 Å². The van der Waals surface area contributed by atoms with Crippen molar-refractivity contribution < 1.29 is 4.79 Å². The minimum atomic E-state index is -0.142. The summed E-state index contributed by atoms with van der Waals surface area (Å²) >= 11 is 0. The molecule has 4 heteroatoms. The van der Waals surface area contributed by atoms with Crippen molar-refractivity contribution in [1.82, 2.24) is 10.3 Å². The molecule has 1 amide bonds. The summed E-state index contributed by atoms with van der Waals surface area (Å²) in [6.07, 6.45) is 1.64. The Balaban J connectivity index is 2.06. The Morgan fingerprint density at radius 2 is 1.86 bits per heavy atom. The lowest BCUT2D eigenvalue weighted by atomic mass is 10.2. The summed E-state index contributed by atoms with van der Waals surface area (Å²) < 4.78 is 0. The molecular formula is C17H21N3O. The molecule has 21 heavy (non-hydrogen) atoms. The molecule has 1 heterocycles. The Morgan fingerprint density at radius 3 is 2.52 bits per heavy atom. The summed E-state index contributed by atoms with van der Waals surface area (Å²) in [6.45, 7) is 6.82. The summed E-state index contributed by atoms with van der Waals surface area (Å²) in [7, 11) is 0. The Kier molecular flexibility index (Phi) is 4.93. The van der Waals surface area contributed by atoms with Crippen molar-refractivity contribution in [3.63, 3.8) is 0 Å². The van der Waals surface area contributed by atoms with Crippen LogP contribution in [0.15, 0.2) is 42.6 Å². The molecule has 0 spiro atoms. The number of carbonyl (C=O) groups excluding carboxylic acids is 1. The average molecular weight is 283 g/mol. The molecule has 2 N–H and O–H groups in total. The van der Waals surface area contributed by atoms with E-state index in [1.54, 1.807) is 12.3 Å². The van der Waals surface area contributed by atoms with Crippen LogP contribution >= 0.6 is 0 Å². The number of amides is 1. The molecule has 0 bridgehead atoms. The minimum Gasteiger partial charge on any atom is -0.355 e. The number of nitrogens with one attached hydrogen (secondary N) is 2. The van der Waals surface area contributed by atoms with Crippen LogP contribution in [0.5, 0.6) is 0 Å². The van der Waals surface area contributed by atoms with Crippen molar-refractivity contribution in [3.05, 3.63) is 53.9 Å². The second kappa shape index (κ2) is 6.88. The quantitative estimate of drug-likeness (QED) is 0.882. The fraction of sp³-hybridized carbons (Fsp3) is 0.294. The fourth-order valence-electron chi connectivity index (χ4n) is 1.82. The number of hydrogen-bond donors (Lipinski definition) is 2. The van der Waals surface area contributed by atoms with Crippen LogP contribution in [0.4, 0.5) is 11.4 Å². The second-order valence-corrected chi connectivity index (χ2v) is 5.52. The van der Waals surface area contributed by atoms with Gasteiger partial charge >= 0.3 is 0 Å². The van der Waals surface area contributed by atoms with Gasteiger partial charge in [-0.1, -0.05) is 31.5 Å². The molecule has 0 radical (unpaired) electrons. The molecule has 0 unspecified atom stereocenters. The van der Waals surface area contributed by atoms with E-state index in [-0.39, 0.29) is 5.91 Å². The number of carbonyl (C=O) groups is 1. The van der Waals surface area contributed by atoms with E-state index in [9.17, 15) is 4.79 Å². The van der Waals surface area contributed by atoms with Crippen LogP contribution in [0, 0.1) is 12.8 Å². The molecule has 4 nitrogen and oxygen atoms in total. The normalized spacial score (nSPS) is 10.5. The van der Waals surface area contributed by atoms with Gasteiger partial charge in [0.2, 0.25) is 0 Å². The zero-order valence-electron chi connectivity index (χ0n) is 12.7. The van der Waals surface area contributed by atoms with Crippen LogP contribution in [0.25, 0.3) is 0 Å². The lowest BCUT2D eigenvalue weighted by Crippen LogP contribution is -2.28. The summed E-state index contributed by atoms with van der Waals surface area (Å²) in [4.78, 5) is 16.1. The summed E-state index contributed by atoms with van der Waals surface area (Å²) in [6, 6.07) is 11.7. The molecule has 0 saturated heterocycles. The second-order valence-electron chi connectivity index (χ2n) is 5.52. The van der Waals surface area contributed by atoms with E-state index in [4.69, 9.17) is 0 Å². The van der Waals surface area contributed by atoms with E-state index in [2.05, 4.69) is 29.5 Å². The van der Waals surface area contributed by atoms with Gasteiger partial charge in [0.05, 0.1) is 0 Å². The number of aryl methyl sites for hydroxylation is 1. The number of rotatable bonds is 5. The molecule has 1 aromatic carbocycles. The van der Waals surface area contributed by atoms with Crippen molar-refractivity contribution in [2.75, 3.05) is 11.9 Å². The van der Waals surface area contributed by atoms with E-state index in [0.717, 1.165) is 11.4 Å². The van der Waals surface area contributed by atoms with Gasteiger partial charge in [0.1, 0.15) is 5.69 Å². The number of benzene rings is 1. The van der Waals surface area contributed by atoms with Gasteiger partial charge in [0, 0.05) is 24.1 Å². The minimum absolute atomic E-state index is 0.142. The Morgan fingerprint density at radius 1 is 1.14 bits per heavy atom. The number of pyridine rings is 1. The highest BCUT2D eigenvalue weighted by Gasteiger charge is 2.08. The average Bonchev–Trinajstić information content (AvgIpc) is 2.47. The lowest BCUT2D eigenvalue weighted by molar-refractivity contribution is 0.0944. The molecule has 2 aromatic rings. The molecule has 0 aliphatic heterocycles. The molecule has 2 rings (SSSR count). The van der Waals surface area contributed by atoms with E-state index in [0.29, 0.717) is 18.2 Å². The highest BCUT2D eigenvalue weighted by molar-refractivity contribution is 5.93. The van der Waals surface area contributed by atoms with E-state index in [1.165, 1.54) is 5.56 Å². The highest BCUT2D eigenvalue weighted by Crippen LogP contribution is 2.17. The lowest BCUT2D eigenvalue weighted by Gasteiger charge is -2.09. The van der Waals surface area contributed by atoms with Crippen molar-refractivity contribution in [2.24, 2.45) is 5.92 Å². The first-order valence-electron chi connectivity index (χ1n) is 7.12. The molecule has 110 valence electrons. The van der Waals surface area contributed by atoms with Crippen molar-refractivity contribution in [2.45, 2.75) is 20.8 Å². The smallest absolute Gasteiger partial charge is 0.269 e. The maximum Gasteiger partial charge on any atom is 0.269 e. The van der Waals surface area contributed by atoms with E-state index >= 15 is 0 Å². The maximum atomic E-state index is 12.0. The molecular weight excluding hydrogens is 262 g/mol. The van der Waals surface area contributed by atoms with Gasteiger partial charge in [0.25, 0.3) is 5.91 Å². The van der Waals surface area contributed by atoms with Crippen LogP contribution in [0.2, 0.25) is 0 Å². The monoisotopic (exact) mass is 283 g/mol. The van der Waals surface area contributed by atoms with E-state index in [1.807, 2.05) is 37.3 Å². The van der Waals surface area contributed by atoms with Crippen LogP contribution < -0.4 is 10.6 Å². The molecule has 0 saturated carbocycles. The Hall–Kier alpha value is -2.36. The molecule has 0 atom stereocenters. The van der Waals surface area contributed by atoms with Gasteiger partial charge in [-0.2, -0.15) is 0 Å². The number of nitrogens with zero attached hydrogens (tertiary/aromatic N) is 1. The van der Waals surface area contributed by atoms with Crippen molar-refractivity contribution >= 4 is 17.3 Å². The predicted molar refractivity (Wildman–Crippen MR) is 85.9 cm³/mol. The Labute approximate surface area is 125 Å². The van der Waals surface area contributed by atoms with Gasteiger partial charge in [-0.05, 0) is 37.1 Å². The third-order valence-corrected chi connectivity index (χ3v) is 3.00. The SMILES string of the molecule is Cc1ccc(Nc2ccnc(C(=O)NCC(C)C)c2)cc1.